The first-order chi connectivity index (χ1) is 9.19. The molecule has 0 aliphatic carbocycles. The standard InChI is InChI=1S/C14H18N4O/c1-10-7-18(6-5-15-10)13-4-3-11(9-19)14-12(13)8-17(2)16-14/h3-4,8-10,15H,5-7H2,1-2H3. The van der Waals surface area contributed by atoms with E-state index in [-0.39, 0.29) is 0 Å². The zero-order valence-electron chi connectivity index (χ0n) is 11.3. The Morgan fingerprint density at radius 1 is 1.47 bits per heavy atom. The van der Waals surface area contributed by atoms with E-state index in [1.165, 1.54) is 5.69 Å². The average molecular weight is 258 g/mol. The summed E-state index contributed by atoms with van der Waals surface area (Å²) in [6.45, 7) is 5.13. The van der Waals surface area contributed by atoms with Crippen molar-refractivity contribution in [2.45, 2.75) is 13.0 Å². The molecule has 0 radical (unpaired) electrons. The monoisotopic (exact) mass is 258 g/mol. The molecule has 3 rings (SSSR count). The van der Waals surface area contributed by atoms with E-state index in [9.17, 15) is 4.79 Å². The van der Waals surface area contributed by atoms with Crippen LogP contribution >= 0.6 is 0 Å². The number of aldehydes is 1. The summed E-state index contributed by atoms with van der Waals surface area (Å²) in [4.78, 5) is 13.5. The van der Waals surface area contributed by atoms with Crippen molar-refractivity contribution in [1.29, 1.82) is 0 Å². The van der Waals surface area contributed by atoms with E-state index in [1.54, 1.807) is 4.68 Å². The van der Waals surface area contributed by atoms with E-state index >= 15 is 0 Å². The molecule has 1 aliphatic rings. The van der Waals surface area contributed by atoms with Gasteiger partial charge in [0.25, 0.3) is 0 Å². The number of rotatable bonds is 2. The molecule has 2 aromatic rings. The molecule has 100 valence electrons. The van der Waals surface area contributed by atoms with Gasteiger partial charge in [-0.1, -0.05) is 0 Å². The summed E-state index contributed by atoms with van der Waals surface area (Å²) < 4.78 is 1.77. The third-order valence-corrected chi connectivity index (χ3v) is 3.64. The minimum Gasteiger partial charge on any atom is -0.368 e. The van der Waals surface area contributed by atoms with Crippen LogP contribution in [0.2, 0.25) is 0 Å². The van der Waals surface area contributed by atoms with Crippen molar-refractivity contribution in [2.75, 3.05) is 24.5 Å². The molecule has 0 saturated carbocycles. The minimum atomic E-state index is 0.478. The third-order valence-electron chi connectivity index (χ3n) is 3.64. The number of carbonyl (C=O) groups excluding carboxylic acids is 1. The highest BCUT2D eigenvalue weighted by atomic mass is 16.1. The molecule has 19 heavy (non-hydrogen) atoms. The Hall–Kier alpha value is -1.88. The molecule has 1 fully saturated rings. The molecule has 0 bridgehead atoms. The summed E-state index contributed by atoms with van der Waals surface area (Å²) >= 11 is 0. The lowest BCUT2D eigenvalue weighted by atomic mass is 10.1. The molecular formula is C14H18N4O. The predicted octanol–water partition coefficient (Wildman–Crippen LogP) is 1.18. The van der Waals surface area contributed by atoms with Gasteiger partial charge in [-0.15, -0.1) is 0 Å². The van der Waals surface area contributed by atoms with Crippen molar-refractivity contribution in [3.8, 4) is 0 Å². The van der Waals surface area contributed by atoms with Gasteiger partial charge < -0.3 is 10.2 Å². The first kappa shape index (κ1) is 12.2. The smallest absolute Gasteiger partial charge is 0.152 e. The van der Waals surface area contributed by atoms with E-state index in [0.717, 1.165) is 36.8 Å². The third kappa shape index (κ3) is 2.10. The highest BCUT2D eigenvalue weighted by Gasteiger charge is 2.19. The molecule has 0 amide bonds. The Morgan fingerprint density at radius 3 is 3.05 bits per heavy atom. The van der Waals surface area contributed by atoms with Crippen molar-refractivity contribution in [3.63, 3.8) is 0 Å². The van der Waals surface area contributed by atoms with Gasteiger partial charge in [-0.2, -0.15) is 5.10 Å². The van der Waals surface area contributed by atoms with Gasteiger partial charge in [-0.3, -0.25) is 9.48 Å². The van der Waals surface area contributed by atoms with E-state index in [4.69, 9.17) is 0 Å². The summed E-state index contributed by atoms with van der Waals surface area (Å²) in [5.41, 5.74) is 2.62. The van der Waals surface area contributed by atoms with Crippen molar-refractivity contribution in [3.05, 3.63) is 23.9 Å². The maximum Gasteiger partial charge on any atom is 0.152 e. The molecule has 1 atom stereocenters. The maximum absolute atomic E-state index is 11.1. The molecule has 5 nitrogen and oxygen atoms in total. The van der Waals surface area contributed by atoms with Crippen LogP contribution in [0.3, 0.4) is 0 Å². The van der Waals surface area contributed by atoms with Crippen LogP contribution in [0.25, 0.3) is 10.9 Å². The fourth-order valence-corrected chi connectivity index (χ4v) is 2.75. The minimum absolute atomic E-state index is 0.478. The van der Waals surface area contributed by atoms with Crippen LogP contribution < -0.4 is 10.2 Å². The lowest BCUT2D eigenvalue weighted by molar-refractivity contribution is 0.112. The number of aromatic nitrogens is 2. The second-order valence-corrected chi connectivity index (χ2v) is 5.16. The largest absolute Gasteiger partial charge is 0.368 e. The van der Waals surface area contributed by atoms with Crippen molar-refractivity contribution in [1.82, 2.24) is 15.1 Å². The molecular weight excluding hydrogens is 240 g/mol. The van der Waals surface area contributed by atoms with Crippen LogP contribution in [0.1, 0.15) is 17.3 Å². The lowest BCUT2D eigenvalue weighted by Gasteiger charge is -2.34. The second kappa shape index (κ2) is 4.66. The number of hydrogen-bond donors (Lipinski definition) is 1. The molecule has 2 heterocycles. The van der Waals surface area contributed by atoms with Gasteiger partial charge in [0.05, 0.1) is 0 Å². The highest BCUT2D eigenvalue weighted by molar-refractivity contribution is 6.01. The van der Waals surface area contributed by atoms with Gasteiger partial charge in [0.15, 0.2) is 6.29 Å². The average Bonchev–Trinajstić information content (AvgIpc) is 2.78. The van der Waals surface area contributed by atoms with E-state index in [2.05, 4.69) is 22.2 Å². The zero-order valence-corrected chi connectivity index (χ0v) is 11.3. The van der Waals surface area contributed by atoms with Crippen molar-refractivity contribution < 1.29 is 4.79 Å². The molecule has 1 aromatic heterocycles. The summed E-state index contributed by atoms with van der Waals surface area (Å²) in [6, 6.07) is 4.38. The Labute approximate surface area is 112 Å². The fraction of sp³-hybridized carbons (Fsp3) is 0.429. The van der Waals surface area contributed by atoms with Gasteiger partial charge >= 0.3 is 0 Å². The number of anilines is 1. The van der Waals surface area contributed by atoms with E-state index < -0.39 is 0 Å². The Kier molecular flexibility index (Phi) is 2.98. The quantitative estimate of drug-likeness (QED) is 0.822. The summed E-state index contributed by atoms with van der Waals surface area (Å²) in [5, 5.41) is 8.90. The topological polar surface area (TPSA) is 50.2 Å². The first-order valence-corrected chi connectivity index (χ1v) is 6.59. The number of aryl methyl sites for hydroxylation is 1. The maximum atomic E-state index is 11.1. The molecule has 1 aromatic carbocycles. The number of nitrogens with one attached hydrogen (secondary N) is 1. The van der Waals surface area contributed by atoms with Gasteiger partial charge in [-0.05, 0) is 19.1 Å². The Bertz CT molecular complexity index is 619. The van der Waals surface area contributed by atoms with Gasteiger partial charge in [0.2, 0.25) is 0 Å². The lowest BCUT2D eigenvalue weighted by Crippen LogP contribution is -2.49. The summed E-state index contributed by atoms with van der Waals surface area (Å²) in [5.74, 6) is 0. The van der Waals surface area contributed by atoms with Crippen LogP contribution in [0, 0.1) is 0 Å². The van der Waals surface area contributed by atoms with Crippen LogP contribution in [-0.2, 0) is 7.05 Å². The van der Waals surface area contributed by atoms with Crippen LogP contribution in [0.4, 0.5) is 5.69 Å². The van der Waals surface area contributed by atoms with Crippen LogP contribution in [-0.4, -0.2) is 41.7 Å². The number of carbonyl (C=O) groups is 1. The number of piperazine rings is 1. The normalized spacial score (nSPS) is 19.9. The van der Waals surface area contributed by atoms with Gasteiger partial charge in [0.1, 0.15) is 5.52 Å². The Morgan fingerprint density at radius 2 is 2.32 bits per heavy atom. The first-order valence-electron chi connectivity index (χ1n) is 6.59. The molecule has 1 N–H and O–H groups in total. The van der Waals surface area contributed by atoms with Crippen LogP contribution in [0.5, 0.6) is 0 Å². The van der Waals surface area contributed by atoms with Gasteiger partial charge in [0, 0.05) is 55.6 Å². The van der Waals surface area contributed by atoms with Gasteiger partial charge in [-0.25, -0.2) is 0 Å². The van der Waals surface area contributed by atoms with E-state index in [1.807, 2.05) is 25.4 Å². The molecule has 1 unspecified atom stereocenters. The summed E-state index contributed by atoms with van der Waals surface area (Å²) in [6.07, 6.45) is 2.86. The number of hydrogen-bond acceptors (Lipinski definition) is 4. The Balaban J connectivity index is 2.11. The van der Waals surface area contributed by atoms with Crippen molar-refractivity contribution >= 4 is 22.9 Å². The number of fused-ring (bicyclic) bond motifs is 1. The molecule has 1 aliphatic heterocycles. The SMILES string of the molecule is CC1CN(c2ccc(C=O)c3nn(C)cc23)CCN1. The van der Waals surface area contributed by atoms with E-state index in [0.29, 0.717) is 11.6 Å². The molecule has 0 spiro atoms. The van der Waals surface area contributed by atoms with Crippen LogP contribution in [0.15, 0.2) is 18.3 Å². The molecule has 1 saturated heterocycles. The zero-order chi connectivity index (χ0) is 13.4. The summed E-state index contributed by atoms with van der Waals surface area (Å²) in [7, 11) is 1.89. The highest BCUT2D eigenvalue weighted by Crippen LogP contribution is 2.28. The van der Waals surface area contributed by atoms with Crippen molar-refractivity contribution in [2.24, 2.45) is 7.05 Å². The second-order valence-electron chi connectivity index (χ2n) is 5.16. The number of benzene rings is 1. The fourth-order valence-electron chi connectivity index (χ4n) is 2.75. The predicted molar refractivity (Wildman–Crippen MR) is 75.8 cm³/mol. The number of nitrogens with zero attached hydrogens (tertiary/aromatic N) is 3. The molecule has 5 heteroatoms.